The third kappa shape index (κ3) is 5.59. The summed E-state index contributed by atoms with van der Waals surface area (Å²) in [5.74, 6) is -5.39. The number of carbonyl (C=O) groups excluding carboxylic acids is 1. The topological polar surface area (TPSA) is 90.7 Å². The molecule has 0 aliphatic carbocycles. The lowest BCUT2D eigenvalue weighted by Crippen LogP contribution is -2.46. The minimum atomic E-state index is -4.62. The molecular formula is C20H17F6N5O2. The maximum absolute atomic E-state index is 14.5. The molecule has 0 radical (unpaired) electrons. The van der Waals surface area contributed by atoms with Crippen molar-refractivity contribution >= 4 is 24.0 Å². The highest BCUT2D eigenvalue weighted by atomic mass is 19.4. The fourth-order valence-electron chi connectivity index (χ4n) is 3.16. The van der Waals surface area contributed by atoms with E-state index in [-0.39, 0.29) is 23.7 Å². The first kappa shape index (κ1) is 24.0. The first-order chi connectivity index (χ1) is 15.5. The Kier molecular flexibility index (Phi) is 6.89. The second kappa shape index (κ2) is 9.46. The van der Waals surface area contributed by atoms with E-state index in [4.69, 9.17) is 10.1 Å². The van der Waals surface area contributed by atoms with E-state index < -0.39 is 48.5 Å². The van der Waals surface area contributed by atoms with Crippen molar-refractivity contribution < 1.29 is 35.9 Å². The van der Waals surface area contributed by atoms with E-state index in [0.717, 1.165) is 35.5 Å². The molecule has 1 aromatic heterocycles. The number of hydrogen-bond donors (Lipinski definition) is 2. The zero-order valence-corrected chi connectivity index (χ0v) is 16.7. The predicted octanol–water partition coefficient (Wildman–Crippen LogP) is 4.22. The number of rotatable bonds is 7. The van der Waals surface area contributed by atoms with Crippen LogP contribution < -0.4 is 10.2 Å². The van der Waals surface area contributed by atoms with Gasteiger partial charge in [0.25, 0.3) is 11.8 Å². The Hall–Kier alpha value is -3.64. The quantitative estimate of drug-likeness (QED) is 0.358. The van der Waals surface area contributed by atoms with E-state index in [0.29, 0.717) is 12.3 Å². The van der Waals surface area contributed by atoms with Crippen molar-refractivity contribution in [3.63, 3.8) is 0 Å². The highest BCUT2D eigenvalue weighted by Crippen LogP contribution is 2.36. The molecule has 0 spiro atoms. The van der Waals surface area contributed by atoms with Gasteiger partial charge in [0.15, 0.2) is 0 Å². The number of aromatic nitrogens is 1. The number of amides is 1. The molecule has 1 unspecified atom stereocenters. The van der Waals surface area contributed by atoms with Gasteiger partial charge in [-0.15, -0.1) is 0 Å². The average molecular weight is 473 g/mol. The van der Waals surface area contributed by atoms with Crippen LogP contribution in [0, 0.1) is 11.2 Å². The zero-order valence-electron chi connectivity index (χ0n) is 16.7. The summed E-state index contributed by atoms with van der Waals surface area (Å²) in [5, 5.41) is 10.5. The summed E-state index contributed by atoms with van der Waals surface area (Å²) in [7, 11) is 0. The number of halogens is 6. The lowest BCUT2D eigenvalue weighted by atomic mass is 10.1. The molecule has 1 aliphatic rings. The summed E-state index contributed by atoms with van der Waals surface area (Å²) in [6.07, 6.45) is -2.90. The molecule has 1 saturated heterocycles. The third-order valence-corrected chi connectivity index (χ3v) is 4.81. The van der Waals surface area contributed by atoms with E-state index in [1.54, 1.807) is 0 Å². The number of anilines is 1. The van der Waals surface area contributed by atoms with Gasteiger partial charge in [-0.25, -0.2) is 18.2 Å². The summed E-state index contributed by atoms with van der Waals surface area (Å²) >= 11 is 0. The Morgan fingerprint density at radius 2 is 2.09 bits per heavy atom. The lowest BCUT2D eigenvalue weighted by molar-refractivity contribution is -0.137. The number of likely N-dealkylation sites (tertiary alicyclic amines) is 1. The van der Waals surface area contributed by atoms with Crippen molar-refractivity contribution in [2.75, 3.05) is 18.6 Å². The van der Waals surface area contributed by atoms with E-state index in [9.17, 15) is 31.1 Å². The van der Waals surface area contributed by atoms with Crippen LogP contribution in [-0.4, -0.2) is 53.3 Å². The Morgan fingerprint density at radius 1 is 1.33 bits per heavy atom. The summed E-state index contributed by atoms with van der Waals surface area (Å²) < 4.78 is 85.9. The first-order valence-corrected chi connectivity index (χ1v) is 9.45. The van der Waals surface area contributed by atoms with Crippen molar-refractivity contribution in [2.45, 2.75) is 24.6 Å². The molecule has 1 amide bonds. The summed E-state index contributed by atoms with van der Waals surface area (Å²) in [6, 6.07) is 2.89. The highest BCUT2D eigenvalue weighted by Gasteiger charge is 2.51. The predicted molar refractivity (Wildman–Crippen MR) is 106 cm³/mol. The highest BCUT2D eigenvalue weighted by molar-refractivity contribution is 6.14. The number of alkyl halides is 5. The second-order valence-corrected chi connectivity index (χ2v) is 6.97. The zero-order chi connectivity index (χ0) is 24.2. The molecule has 0 saturated carbocycles. The molecule has 2 heterocycles. The molecule has 0 bridgehead atoms. The second-order valence-electron chi connectivity index (χ2n) is 6.97. The molecule has 1 atom stereocenters. The van der Waals surface area contributed by atoms with Crippen LogP contribution in [0.5, 0.6) is 5.88 Å². The molecule has 2 aromatic rings. The maximum atomic E-state index is 14.5. The summed E-state index contributed by atoms with van der Waals surface area (Å²) in [4.78, 5) is 17.3. The lowest BCUT2D eigenvalue weighted by Gasteiger charge is -2.28. The van der Waals surface area contributed by atoms with Crippen LogP contribution in [0.25, 0.3) is 0 Å². The van der Waals surface area contributed by atoms with Crippen molar-refractivity contribution in [1.82, 2.24) is 9.88 Å². The Balaban J connectivity index is 1.80. The largest absolute Gasteiger partial charge is 0.475 e. The monoisotopic (exact) mass is 473 g/mol. The van der Waals surface area contributed by atoms with Crippen LogP contribution in [0.1, 0.15) is 22.3 Å². The SMILES string of the molecule is N=CC=NNc1ccc(F)cc1C(=O)N1CCC(F)(F)C1COc1ccc(C(F)(F)F)cn1. The smallest absolute Gasteiger partial charge is 0.417 e. The van der Waals surface area contributed by atoms with Crippen LogP contribution >= 0.6 is 0 Å². The van der Waals surface area contributed by atoms with Crippen LogP contribution in [0.4, 0.5) is 32.0 Å². The van der Waals surface area contributed by atoms with Crippen LogP contribution in [0.2, 0.25) is 0 Å². The minimum absolute atomic E-state index is 0.0267. The number of hydrogen-bond acceptors (Lipinski definition) is 6. The van der Waals surface area contributed by atoms with Gasteiger partial charge in [-0.3, -0.25) is 10.2 Å². The van der Waals surface area contributed by atoms with Crippen molar-refractivity contribution in [3.05, 3.63) is 53.5 Å². The standard InChI is InChI=1S/C20H17F6N5O2/c21-13-2-3-15(30-29-7-6-27)14(9-13)18(32)31-8-5-19(22,23)16(31)11-33-17-4-1-12(10-28-17)20(24,25)26/h1-4,6-7,9-10,16,27,30H,5,8,11H2. The molecule has 3 rings (SSSR count). The van der Waals surface area contributed by atoms with Gasteiger partial charge in [-0.2, -0.15) is 18.3 Å². The number of ether oxygens (including phenoxy) is 1. The van der Waals surface area contributed by atoms with Crippen LogP contribution in [-0.2, 0) is 6.18 Å². The average Bonchev–Trinajstić information content (AvgIpc) is 3.06. The molecular weight excluding hydrogens is 456 g/mol. The van der Waals surface area contributed by atoms with E-state index in [2.05, 4.69) is 15.5 Å². The van der Waals surface area contributed by atoms with Crippen molar-refractivity contribution in [2.24, 2.45) is 5.10 Å². The molecule has 1 aliphatic heterocycles. The third-order valence-electron chi connectivity index (χ3n) is 4.81. The summed E-state index contributed by atoms with van der Waals surface area (Å²) in [6.45, 7) is -1.11. The number of nitrogens with zero attached hydrogens (tertiary/aromatic N) is 3. The number of carbonyl (C=O) groups is 1. The van der Waals surface area contributed by atoms with Gasteiger partial charge < -0.3 is 15.0 Å². The van der Waals surface area contributed by atoms with Crippen LogP contribution in [0.3, 0.4) is 0 Å². The summed E-state index contributed by atoms with van der Waals surface area (Å²) in [5.41, 5.74) is 1.16. The molecule has 176 valence electrons. The molecule has 2 N–H and O–H groups in total. The first-order valence-electron chi connectivity index (χ1n) is 9.45. The maximum Gasteiger partial charge on any atom is 0.417 e. The number of benzene rings is 1. The molecule has 1 aromatic carbocycles. The number of hydrazone groups is 1. The van der Waals surface area contributed by atoms with Gasteiger partial charge >= 0.3 is 6.18 Å². The molecule has 1 fully saturated rings. The number of nitrogens with one attached hydrogen (secondary N) is 2. The Bertz CT molecular complexity index is 1040. The minimum Gasteiger partial charge on any atom is -0.475 e. The Morgan fingerprint density at radius 3 is 2.73 bits per heavy atom. The fraction of sp³-hybridized carbons (Fsp3) is 0.300. The fourth-order valence-corrected chi connectivity index (χ4v) is 3.16. The Labute approximate surface area is 183 Å². The van der Waals surface area contributed by atoms with Gasteiger partial charge in [0.1, 0.15) is 18.5 Å². The van der Waals surface area contributed by atoms with E-state index in [1.165, 1.54) is 6.07 Å². The van der Waals surface area contributed by atoms with E-state index in [1.807, 2.05) is 0 Å². The molecule has 7 nitrogen and oxygen atoms in total. The van der Waals surface area contributed by atoms with Crippen molar-refractivity contribution in [1.29, 1.82) is 5.41 Å². The van der Waals surface area contributed by atoms with Gasteiger partial charge in [-0.05, 0) is 24.3 Å². The van der Waals surface area contributed by atoms with Crippen LogP contribution in [0.15, 0.2) is 41.6 Å². The molecule has 33 heavy (non-hydrogen) atoms. The van der Waals surface area contributed by atoms with Gasteiger partial charge in [0.05, 0.1) is 23.0 Å². The van der Waals surface area contributed by atoms with Gasteiger partial charge in [0, 0.05) is 31.4 Å². The van der Waals surface area contributed by atoms with Gasteiger partial charge in [-0.1, -0.05) is 0 Å². The van der Waals surface area contributed by atoms with Crippen molar-refractivity contribution in [3.8, 4) is 5.88 Å². The normalized spacial score (nSPS) is 17.9. The number of pyridine rings is 1. The molecule has 13 heteroatoms. The van der Waals surface area contributed by atoms with Gasteiger partial charge in [0.2, 0.25) is 5.88 Å². The van der Waals surface area contributed by atoms with E-state index >= 15 is 0 Å².